The molecule has 7 nitrogen and oxygen atoms in total. The molecule has 0 aromatic rings. The summed E-state index contributed by atoms with van der Waals surface area (Å²) in [5, 5.41) is 20.4. The van der Waals surface area contributed by atoms with Crippen molar-refractivity contribution >= 4 is 12.1 Å². The predicted molar refractivity (Wildman–Crippen MR) is 77.5 cm³/mol. The van der Waals surface area contributed by atoms with Crippen LogP contribution in [0.15, 0.2) is 0 Å². The number of carboxylic acids is 1. The van der Waals surface area contributed by atoms with Crippen molar-refractivity contribution < 1.29 is 29.3 Å². The summed E-state index contributed by atoms with van der Waals surface area (Å²) in [5.74, 6) is -1.03. The average Bonchev–Trinajstić information content (AvgIpc) is 2.88. The molecule has 2 N–H and O–H groups in total. The molecule has 0 aliphatic carbocycles. The van der Waals surface area contributed by atoms with Gasteiger partial charge in [0.15, 0.2) is 0 Å². The summed E-state index contributed by atoms with van der Waals surface area (Å²) >= 11 is 0. The van der Waals surface area contributed by atoms with Crippen LogP contribution in [-0.2, 0) is 14.3 Å². The van der Waals surface area contributed by atoms with Crippen molar-refractivity contribution in [1.29, 1.82) is 0 Å². The molecular formula is C15H25NO6. The summed E-state index contributed by atoms with van der Waals surface area (Å²) in [6.45, 7) is 6.29. The number of carbonyl (C=O) groups is 2. The standard InChI is InChI=1S/C15H25NO6/c1-13(2,3)22-12(19)16-7-4-15(20,5-8-16)14(11(17)18)6-9-21-10-14/h20H,4-10H2,1-3H3,(H,17,18). The Morgan fingerprint density at radius 3 is 2.18 bits per heavy atom. The van der Waals surface area contributed by atoms with E-state index in [1.807, 2.05) is 0 Å². The Morgan fingerprint density at radius 1 is 1.18 bits per heavy atom. The van der Waals surface area contributed by atoms with Gasteiger partial charge < -0.3 is 24.6 Å². The van der Waals surface area contributed by atoms with Crippen molar-refractivity contribution in [3.8, 4) is 0 Å². The van der Waals surface area contributed by atoms with E-state index in [0.29, 0.717) is 13.0 Å². The van der Waals surface area contributed by atoms with Gasteiger partial charge in [0.1, 0.15) is 11.0 Å². The minimum absolute atomic E-state index is 0.0191. The first-order valence-corrected chi connectivity index (χ1v) is 7.61. The molecule has 7 heteroatoms. The highest BCUT2D eigenvalue weighted by molar-refractivity contribution is 5.77. The average molecular weight is 315 g/mol. The molecule has 22 heavy (non-hydrogen) atoms. The zero-order chi connectivity index (χ0) is 16.6. The maximum Gasteiger partial charge on any atom is 0.410 e. The summed E-state index contributed by atoms with van der Waals surface area (Å²) in [6, 6.07) is 0. The third-order valence-electron chi connectivity index (χ3n) is 4.56. The molecule has 2 rings (SSSR count). The molecule has 1 atom stereocenters. The molecule has 2 fully saturated rings. The molecule has 0 saturated carbocycles. The molecule has 2 saturated heterocycles. The number of rotatable bonds is 2. The van der Waals surface area contributed by atoms with E-state index >= 15 is 0 Å². The first-order chi connectivity index (χ1) is 10.1. The Morgan fingerprint density at radius 2 is 1.77 bits per heavy atom. The topological polar surface area (TPSA) is 96.3 Å². The van der Waals surface area contributed by atoms with E-state index in [4.69, 9.17) is 9.47 Å². The monoisotopic (exact) mass is 315 g/mol. The van der Waals surface area contributed by atoms with Gasteiger partial charge >= 0.3 is 12.1 Å². The Labute approximate surface area is 130 Å². The number of aliphatic hydroxyl groups is 1. The van der Waals surface area contributed by atoms with Crippen molar-refractivity contribution in [3.05, 3.63) is 0 Å². The summed E-state index contributed by atoms with van der Waals surface area (Å²) in [5.41, 5.74) is -3.20. The van der Waals surface area contributed by atoms with E-state index in [1.54, 1.807) is 20.8 Å². The first-order valence-electron chi connectivity index (χ1n) is 7.61. The van der Waals surface area contributed by atoms with Crippen LogP contribution in [0.5, 0.6) is 0 Å². The van der Waals surface area contributed by atoms with E-state index in [0.717, 1.165) is 0 Å². The van der Waals surface area contributed by atoms with Crippen LogP contribution in [0.1, 0.15) is 40.0 Å². The highest BCUT2D eigenvalue weighted by atomic mass is 16.6. The number of nitrogens with zero attached hydrogens (tertiary/aromatic N) is 1. The Hall–Kier alpha value is -1.34. The fourth-order valence-corrected chi connectivity index (χ4v) is 3.16. The third kappa shape index (κ3) is 3.05. The van der Waals surface area contributed by atoms with Crippen LogP contribution >= 0.6 is 0 Å². The zero-order valence-electron chi connectivity index (χ0n) is 13.4. The normalized spacial score (nSPS) is 28.5. The van der Waals surface area contributed by atoms with Crippen molar-refractivity contribution in [2.45, 2.75) is 51.2 Å². The smallest absolute Gasteiger partial charge is 0.410 e. The molecule has 0 bridgehead atoms. The van der Waals surface area contributed by atoms with Gasteiger partial charge in [-0.2, -0.15) is 0 Å². The lowest BCUT2D eigenvalue weighted by molar-refractivity contribution is -0.176. The minimum Gasteiger partial charge on any atom is -0.481 e. The van der Waals surface area contributed by atoms with Gasteiger partial charge in [-0.25, -0.2) is 4.79 Å². The molecular weight excluding hydrogens is 290 g/mol. The number of carboxylic acid groups (broad SMARTS) is 1. The van der Waals surface area contributed by atoms with E-state index in [1.165, 1.54) is 4.90 Å². The second kappa shape index (κ2) is 5.70. The number of hydrogen-bond donors (Lipinski definition) is 2. The van der Waals surface area contributed by atoms with Crippen molar-refractivity contribution in [2.24, 2.45) is 5.41 Å². The lowest BCUT2D eigenvalue weighted by atomic mass is 9.66. The largest absolute Gasteiger partial charge is 0.481 e. The van der Waals surface area contributed by atoms with Crippen LogP contribution in [0, 0.1) is 5.41 Å². The third-order valence-corrected chi connectivity index (χ3v) is 4.56. The molecule has 2 aliphatic rings. The van der Waals surface area contributed by atoms with Gasteiger partial charge in [-0.1, -0.05) is 0 Å². The van der Waals surface area contributed by atoms with Crippen molar-refractivity contribution in [1.82, 2.24) is 4.90 Å². The minimum atomic E-state index is -1.35. The lowest BCUT2D eigenvalue weighted by Gasteiger charge is -2.46. The Balaban J connectivity index is 2.04. The summed E-state index contributed by atoms with van der Waals surface area (Å²) in [7, 11) is 0. The fourth-order valence-electron chi connectivity index (χ4n) is 3.16. The van der Waals surface area contributed by atoms with E-state index in [-0.39, 0.29) is 32.5 Å². The number of amides is 1. The van der Waals surface area contributed by atoms with Gasteiger partial charge in [0, 0.05) is 19.7 Å². The molecule has 126 valence electrons. The number of carbonyl (C=O) groups excluding carboxylic acids is 1. The molecule has 0 aromatic heterocycles. The molecule has 0 aromatic carbocycles. The first kappa shape index (κ1) is 17.0. The predicted octanol–water partition coefficient (Wildman–Crippen LogP) is 1.24. The van der Waals surface area contributed by atoms with Crippen LogP contribution < -0.4 is 0 Å². The second-order valence-corrected chi connectivity index (χ2v) is 7.19. The fraction of sp³-hybridized carbons (Fsp3) is 0.867. The number of ether oxygens (including phenoxy) is 2. The van der Waals surface area contributed by atoms with Crippen LogP contribution in [0.2, 0.25) is 0 Å². The van der Waals surface area contributed by atoms with E-state index in [2.05, 4.69) is 0 Å². The van der Waals surface area contributed by atoms with Crippen LogP contribution in [0.4, 0.5) is 4.79 Å². The highest BCUT2D eigenvalue weighted by Crippen LogP contribution is 2.45. The van der Waals surface area contributed by atoms with Crippen molar-refractivity contribution in [3.63, 3.8) is 0 Å². The molecule has 0 radical (unpaired) electrons. The maximum atomic E-state index is 12.0. The molecule has 0 spiro atoms. The second-order valence-electron chi connectivity index (χ2n) is 7.19. The number of hydrogen-bond acceptors (Lipinski definition) is 5. The van der Waals surface area contributed by atoms with Gasteiger partial charge in [0.05, 0.1) is 12.2 Å². The highest BCUT2D eigenvalue weighted by Gasteiger charge is 2.59. The maximum absolute atomic E-state index is 12.0. The Kier molecular flexibility index (Phi) is 4.41. The van der Waals surface area contributed by atoms with Crippen molar-refractivity contribution in [2.75, 3.05) is 26.3 Å². The number of aliphatic carboxylic acids is 1. The van der Waals surface area contributed by atoms with Gasteiger partial charge in [-0.15, -0.1) is 0 Å². The molecule has 2 heterocycles. The number of likely N-dealkylation sites (tertiary alicyclic amines) is 1. The summed E-state index contributed by atoms with van der Waals surface area (Å²) < 4.78 is 10.5. The molecule has 1 unspecified atom stereocenters. The molecule has 1 amide bonds. The Bertz CT molecular complexity index is 441. The van der Waals surface area contributed by atoms with Gasteiger partial charge in [0.25, 0.3) is 0 Å². The molecule has 2 aliphatic heterocycles. The summed E-state index contributed by atoms with van der Waals surface area (Å²) in [4.78, 5) is 25.2. The van der Waals surface area contributed by atoms with E-state index < -0.39 is 28.7 Å². The summed E-state index contributed by atoms with van der Waals surface area (Å²) in [6.07, 6.45) is 0.288. The zero-order valence-corrected chi connectivity index (χ0v) is 13.4. The SMILES string of the molecule is CC(C)(C)OC(=O)N1CCC(O)(C2(C(=O)O)CCOC2)CC1. The van der Waals surface area contributed by atoms with Gasteiger partial charge in [0.2, 0.25) is 0 Å². The van der Waals surface area contributed by atoms with Gasteiger partial charge in [-0.05, 0) is 40.0 Å². The van der Waals surface area contributed by atoms with Crippen LogP contribution in [0.25, 0.3) is 0 Å². The van der Waals surface area contributed by atoms with E-state index in [9.17, 15) is 19.8 Å². The van der Waals surface area contributed by atoms with Crippen LogP contribution in [-0.4, -0.2) is 64.7 Å². The number of piperidine rings is 1. The van der Waals surface area contributed by atoms with Crippen LogP contribution in [0.3, 0.4) is 0 Å². The van der Waals surface area contributed by atoms with Gasteiger partial charge in [-0.3, -0.25) is 4.79 Å². The lowest BCUT2D eigenvalue weighted by Crippen LogP contribution is -2.59. The quantitative estimate of drug-likeness (QED) is 0.796.